The van der Waals surface area contributed by atoms with Gasteiger partial charge in [-0.15, -0.1) is 0 Å². The Balaban J connectivity index is 2.49. The van der Waals surface area contributed by atoms with Gasteiger partial charge in [0.1, 0.15) is 0 Å². The highest BCUT2D eigenvalue weighted by molar-refractivity contribution is 7.92. The van der Waals surface area contributed by atoms with E-state index in [0.29, 0.717) is 22.8 Å². The van der Waals surface area contributed by atoms with Gasteiger partial charge in [0.15, 0.2) is 0 Å². The molecule has 0 aliphatic carbocycles. The second kappa shape index (κ2) is 5.77. The van der Waals surface area contributed by atoms with E-state index in [1.165, 1.54) is 4.31 Å². The first-order chi connectivity index (χ1) is 9.86. The van der Waals surface area contributed by atoms with E-state index in [-0.39, 0.29) is 0 Å². The zero-order valence-corrected chi connectivity index (χ0v) is 13.3. The Bertz CT molecular complexity index is 737. The summed E-state index contributed by atoms with van der Waals surface area (Å²) in [5.41, 5.74) is 8.92. The van der Waals surface area contributed by atoms with Crippen molar-refractivity contribution in [3.05, 3.63) is 53.6 Å². The van der Waals surface area contributed by atoms with Gasteiger partial charge in [0.05, 0.1) is 10.6 Å². The second-order valence-electron chi connectivity index (χ2n) is 5.01. The summed E-state index contributed by atoms with van der Waals surface area (Å²) in [6, 6.07) is 12.0. The molecule has 0 radical (unpaired) electrons. The summed E-state index contributed by atoms with van der Waals surface area (Å²) >= 11 is 0. The fourth-order valence-electron chi connectivity index (χ4n) is 2.13. The monoisotopic (exact) mass is 304 g/mol. The number of sulfonamides is 1. The zero-order valence-electron chi connectivity index (χ0n) is 12.5. The quantitative estimate of drug-likeness (QED) is 0.883. The van der Waals surface area contributed by atoms with E-state index >= 15 is 0 Å². The fraction of sp³-hybridized carbons (Fsp3) is 0.250. The molecule has 0 bridgehead atoms. The van der Waals surface area contributed by atoms with E-state index < -0.39 is 10.0 Å². The molecule has 0 aliphatic heterocycles. The van der Waals surface area contributed by atoms with Crippen molar-refractivity contribution in [3.8, 4) is 0 Å². The SMILES string of the molecule is CCN(c1ccc(N)cc1)S(=O)(=O)c1ccc(C)c(C)c1. The van der Waals surface area contributed by atoms with Crippen LogP contribution in [-0.4, -0.2) is 15.0 Å². The van der Waals surface area contributed by atoms with Crippen molar-refractivity contribution < 1.29 is 8.42 Å². The van der Waals surface area contributed by atoms with Crippen LogP contribution in [0.5, 0.6) is 0 Å². The van der Waals surface area contributed by atoms with E-state index in [1.807, 2.05) is 26.8 Å². The van der Waals surface area contributed by atoms with Crippen LogP contribution in [0.25, 0.3) is 0 Å². The number of aryl methyl sites for hydroxylation is 2. The lowest BCUT2D eigenvalue weighted by Crippen LogP contribution is -2.30. The largest absolute Gasteiger partial charge is 0.399 e. The minimum atomic E-state index is -3.56. The van der Waals surface area contributed by atoms with Gasteiger partial charge in [0.25, 0.3) is 10.0 Å². The molecular weight excluding hydrogens is 284 g/mol. The Morgan fingerprint density at radius 1 is 1.00 bits per heavy atom. The highest BCUT2D eigenvalue weighted by Crippen LogP contribution is 2.25. The summed E-state index contributed by atoms with van der Waals surface area (Å²) < 4.78 is 27.0. The molecule has 0 heterocycles. The molecule has 5 heteroatoms. The molecule has 2 N–H and O–H groups in total. The standard InChI is InChI=1S/C16H20N2O2S/c1-4-18(15-8-6-14(17)7-9-15)21(19,20)16-10-5-12(2)13(3)11-16/h5-11H,4,17H2,1-3H3. The first kappa shape index (κ1) is 15.4. The molecule has 112 valence electrons. The van der Waals surface area contributed by atoms with Crippen LogP contribution in [-0.2, 0) is 10.0 Å². The summed E-state index contributed by atoms with van der Waals surface area (Å²) in [5.74, 6) is 0. The maximum absolute atomic E-state index is 12.8. The van der Waals surface area contributed by atoms with Gasteiger partial charge in [-0.05, 0) is 68.3 Å². The summed E-state index contributed by atoms with van der Waals surface area (Å²) in [7, 11) is -3.56. The summed E-state index contributed by atoms with van der Waals surface area (Å²) in [6.45, 7) is 6.05. The number of hydrogen-bond donors (Lipinski definition) is 1. The topological polar surface area (TPSA) is 63.4 Å². The van der Waals surface area contributed by atoms with Crippen LogP contribution in [0.2, 0.25) is 0 Å². The third-order valence-corrected chi connectivity index (χ3v) is 5.43. The maximum Gasteiger partial charge on any atom is 0.264 e. The summed E-state index contributed by atoms with van der Waals surface area (Å²) in [4.78, 5) is 0.310. The van der Waals surface area contributed by atoms with E-state index in [4.69, 9.17) is 5.73 Å². The molecule has 2 rings (SSSR count). The van der Waals surface area contributed by atoms with Gasteiger partial charge in [0.2, 0.25) is 0 Å². The molecule has 4 nitrogen and oxygen atoms in total. The first-order valence-corrected chi connectivity index (χ1v) is 8.26. The Hall–Kier alpha value is -2.01. The molecule has 0 spiro atoms. The molecule has 0 aromatic heterocycles. The van der Waals surface area contributed by atoms with E-state index in [2.05, 4.69) is 0 Å². The normalized spacial score (nSPS) is 11.4. The Morgan fingerprint density at radius 3 is 2.14 bits per heavy atom. The molecule has 0 amide bonds. The van der Waals surface area contributed by atoms with Gasteiger partial charge < -0.3 is 5.73 Å². The number of nitrogen functional groups attached to an aromatic ring is 1. The van der Waals surface area contributed by atoms with Gasteiger partial charge >= 0.3 is 0 Å². The summed E-state index contributed by atoms with van der Waals surface area (Å²) in [6.07, 6.45) is 0. The maximum atomic E-state index is 12.8. The van der Waals surface area contributed by atoms with Crippen LogP contribution in [0, 0.1) is 13.8 Å². The van der Waals surface area contributed by atoms with Crippen LogP contribution in [0.1, 0.15) is 18.1 Å². The first-order valence-electron chi connectivity index (χ1n) is 6.82. The molecule has 0 saturated carbocycles. The average Bonchev–Trinajstić information content (AvgIpc) is 2.44. The zero-order chi connectivity index (χ0) is 15.6. The lowest BCUT2D eigenvalue weighted by molar-refractivity contribution is 0.592. The van der Waals surface area contributed by atoms with Crippen LogP contribution < -0.4 is 10.0 Å². The lowest BCUT2D eigenvalue weighted by atomic mass is 10.1. The van der Waals surface area contributed by atoms with Crippen molar-refractivity contribution in [3.63, 3.8) is 0 Å². The Kier molecular flexibility index (Phi) is 4.23. The number of anilines is 2. The van der Waals surface area contributed by atoms with Gasteiger partial charge in [-0.3, -0.25) is 4.31 Å². The minimum absolute atomic E-state index is 0.310. The van der Waals surface area contributed by atoms with Crippen molar-refractivity contribution in [2.75, 3.05) is 16.6 Å². The molecule has 0 atom stereocenters. The molecule has 0 unspecified atom stereocenters. The van der Waals surface area contributed by atoms with E-state index in [1.54, 1.807) is 36.4 Å². The van der Waals surface area contributed by atoms with Crippen LogP contribution >= 0.6 is 0 Å². The molecular formula is C16H20N2O2S. The number of rotatable bonds is 4. The second-order valence-corrected chi connectivity index (χ2v) is 6.87. The molecule has 2 aromatic carbocycles. The highest BCUT2D eigenvalue weighted by atomic mass is 32.2. The van der Waals surface area contributed by atoms with E-state index in [0.717, 1.165) is 11.1 Å². The average molecular weight is 304 g/mol. The molecule has 2 aromatic rings. The fourth-order valence-corrected chi connectivity index (χ4v) is 3.69. The van der Waals surface area contributed by atoms with Gasteiger partial charge in [-0.1, -0.05) is 6.07 Å². The van der Waals surface area contributed by atoms with Crippen LogP contribution in [0.4, 0.5) is 11.4 Å². The lowest BCUT2D eigenvalue weighted by Gasteiger charge is -2.23. The van der Waals surface area contributed by atoms with Crippen molar-refractivity contribution in [2.24, 2.45) is 0 Å². The molecule has 0 aliphatic rings. The predicted molar refractivity (Wildman–Crippen MR) is 87.0 cm³/mol. The number of nitrogens with two attached hydrogens (primary N) is 1. The highest BCUT2D eigenvalue weighted by Gasteiger charge is 2.23. The number of hydrogen-bond acceptors (Lipinski definition) is 3. The minimum Gasteiger partial charge on any atom is -0.399 e. The predicted octanol–water partition coefficient (Wildman–Crippen LogP) is 3.10. The third kappa shape index (κ3) is 3.03. The molecule has 21 heavy (non-hydrogen) atoms. The Labute approximate surface area is 126 Å². The van der Waals surface area contributed by atoms with Crippen LogP contribution in [0.15, 0.2) is 47.4 Å². The summed E-state index contributed by atoms with van der Waals surface area (Å²) in [5, 5.41) is 0. The van der Waals surface area contributed by atoms with Crippen molar-refractivity contribution in [2.45, 2.75) is 25.7 Å². The molecule has 0 saturated heterocycles. The van der Waals surface area contributed by atoms with Gasteiger partial charge in [-0.2, -0.15) is 0 Å². The van der Waals surface area contributed by atoms with E-state index in [9.17, 15) is 8.42 Å². The van der Waals surface area contributed by atoms with Gasteiger partial charge in [0, 0.05) is 12.2 Å². The molecule has 0 fully saturated rings. The van der Waals surface area contributed by atoms with Crippen LogP contribution in [0.3, 0.4) is 0 Å². The van der Waals surface area contributed by atoms with Crippen molar-refractivity contribution in [1.82, 2.24) is 0 Å². The number of benzene rings is 2. The number of nitrogens with zero attached hydrogens (tertiary/aromatic N) is 1. The van der Waals surface area contributed by atoms with Gasteiger partial charge in [-0.25, -0.2) is 8.42 Å². The van der Waals surface area contributed by atoms with Crippen molar-refractivity contribution in [1.29, 1.82) is 0 Å². The third-order valence-electron chi connectivity index (χ3n) is 3.53. The smallest absolute Gasteiger partial charge is 0.264 e. The Morgan fingerprint density at radius 2 is 1.62 bits per heavy atom. The van der Waals surface area contributed by atoms with Crippen molar-refractivity contribution >= 4 is 21.4 Å².